The third kappa shape index (κ3) is 3.05. The maximum absolute atomic E-state index is 11.2. The third-order valence-corrected chi connectivity index (χ3v) is 3.92. The monoisotopic (exact) mass is 225 g/mol. The van der Waals surface area contributed by atoms with Crippen LogP contribution in [0.1, 0.15) is 45.4 Å². The van der Waals surface area contributed by atoms with Crippen molar-refractivity contribution in [1.29, 1.82) is 0 Å². The van der Waals surface area contributed by atoms with Gasteiger partial charge in [0.1, 0.15) is 5.78 Å². The number of likely N-dealkylation sites (tertiary alicyclic amines) is 1. The van der Waals surface area contributed by atoms with Gasteiger partial charge >= 0.3 is 0 Å². The van der Waals surface area contributed by atoms with Crippen molar-refractivity contribution in [2.24, 2.45) is 0 Å². The molecule has 0 bridgehead atoms. The fourth-order valence-electron chi connectivity index (χ4n) is 2.95. The van der Waals surface area contributed by atoms with Crippen molar-refractivity contribution in [2.45, 2.75) is 57.6 Å². The van der Waals surface area contributed by atoms with E-state index in [0.717, 1.165) is 32.5 Å². The summed E-state index contributed by atoms with van der Waals surface area (Å²) < 4.78 is 5.66. The van der Waals surface area contributed by atoms with Gasteiger partial charge in [-0.3, -0.25) is 9.69 Å². The lowest BCUT2D eigenvalue weighted by Crippen LogP contribution is -2.44. The van der Waals surface area contributed by atoms with Crippen molar-refractivity contribution >= 4 is 5.78 Å². The van der Waals surface area contributed by atoms with Crippen LogP contribution in [-0.2, 0) is 9.53 Å². The van der Waals surface area contributed by atoms with Crippen molar-refractivity contribution in [3.05, 3.63) is 0 Å². The van der Waals surface area contributed by atoms with Crippen LogP contribution in [0.3, 0.4) is 0 Å². The molecule has 92 valence electrons. The van der Waals surface area contributed by atoms with Crippen LogP contribution in [0.2, 0.25) is 0 Å². The molecule has 16 heavy (non-hydrogen) atoms. The van der Waals surface area contributed by atoms with Gasteiger partial charge in [-0.1, -0.05) is 0 Å². The van der Waals surface area contributed by atoms with E-state index in [0.29, 0.717) is 17.9 Å². The fourth-order valence-corrected chi connectivity index (χ4v) is 2.95. The number of piperidine rings is 1. The smallest absolute Gasteiger partial charge is 0.135 e. The van der Waals surface area contributed by atoms with E-state index in [4.69, 9.17) is 4.74 Å². The summed E-state index contributed by atoms with van der Waals surface area (Å²) in [5.41, 5.74) is 0. The predicted octanol–water partition coefficient (Wildman–Crippen LogP) is 2.00. The van der Waals surface area contributed by atoms with Crippen LogP contribution in [0.15, 0.2) is 0 Å². The minimum absolute atomic E-state index is 0.444. The average Bonchev–Trinajstić information content (AvgIpc) is 2.32. The Kier molecular flexibility index (Phi) is 4.36. The van der Waals surface area contributed by atoms with Crippen LogP contribution < -0.4 is 0 Å². The molecule has 0 unspecified atom stereocenters. The summed E-state index contributed by atoms with van der Waals surface area (Å²) >= 11 is 0. The van der Waals surface area contributed by atoms with Crippen LogP contribution in [0.4, 0.5) is 0 Å². The minimum Gasteiger partial charge on any atom is -0.379 e. The number of ketones is 1. The van der Waals surface area contributed by atoms with Crippen LogP contribution in [0.5, 0.6) is 0 Å². The van der Waals surface area contributed by atoms with Gasteiger partial charge in [0.15, 0.2) is 0 Å². The molecule has 1 aliphatic carbocycles. The lowest BCUT2D eigenvalue weighted by molar-refractivity contribution is -0.122. The zero-order chi connectivity index (χ0) is 11.4. The van der Waals surface area contributed by atoms with E-state index in [1.165, 1.54) is 25.7 Å². The quantitative estimate of drug-likeness (QED) is 0.735. The summed E-state index contributed by atoms with van der Waals surface area (Å²) in [6.45, 7) is 4.89. The molecule has 2 fully saturated rings. The Hall–Kier alpha value is -0.410. The van der Waals surface area contributed by atoms with Gasteiger partial charge in [-0.05, 0) is 32.6 Å². The molecule has 2 aliphatic rings. The number of hydrogen-bond donors (Lipinski definition) is 0. The van der Waals surface area contributed by atoms with Crippen LogP contribution >= 0.6 is 0 Å². The van der Waals surface area contributed by atoms with E-state index >= 15 is 0 Å². The lowest BCUT2D eigenvalue weighted by Gasteiger charge is -2.38. The van der Waals surface area contributed by atoms with Crippen molar-refractivity contribution in [3.63, 3.8) is 0 Å². The summed E-state index contributed by atoms with van der Waals surface area (Å²) in [4.78, 5) is 13.7. The molecule has 1 aliphatic heterocycles. The summed E-state index contributed by atoms with van der Waals surface area (Å²) in [5.74, 6) is 0.444. The van der Waals surface area contributed by atoms with Gasteiger partial charge in [0.25, 0.3) is 0 Å². The second-order valence-corrected chi connectivity index (χ2v) is 4.96. The molecule has 1 heterocycles. The summed E-state index contributed by atoms with van der Waals surface area (Å²) in [6.07, 6.45) is 6.92. The highest BCUT2D eigenvalue weighted by atomic mass is 16.5. The number of rotatable bonds is 3. The molecule has 3 nitrogen and oxygen atoms in total. The first-order valence-electron chi connectivity index (χ1n) is 6.67. The highest BCUT2D eigenvalue weighted by Gasteiger charge is 2.28. The van der Waals surface area contributed by atoms with E-state index < -0.39 is 0 Å². The number of carbonyl (C=O) groups is 1. The Labute approximate surface area is 98.1 Å². The highest BCUT2D eigenvalue weighted by Crippen LogP contribution is 2.26. The zero-order valence-electron chi connectivity index (χ0n) is 10.3. The van der Waals surface area contributed by atoms with Gasteiger partial charge in [-0.2, -0.15) is 0 Å². The molecule has 0 spiro atoms. The second kappa shape index (κ2) is 5.78. The first kappa shape index (κ1) is 12.1. The van der Waals surface area contributed by atoms with Crippen LogP contribution in [0, 0.1) is 0 Å². The summed E-state index contributed by atoms with van der Waals surface area (Å²) in [7, 11) is 0. The topological polar surface area (TPSA) is 29.5 Å². The number of ether oxygens (including phenoxy) is 1. The Bertz CT molecular complexity index is 224. The van der Waals surface area contributed by atoms with Gasteiger partial charge < -0.3 is 4.74 Å². The first-order chi connectivity index (χ1) is 7.79. The molecule has 0 atom stereocenters. The molecule has 2 rings (SSSR count). The van der Waals surface area contributed by atoms with E-state index in [-0.39, 0.29) is 0 Å². The van der Waals surface area contributed by atoms with Crippen LogP contribution in [-0.4, -0.2) is 42.5 Å². The van der Waals surface area contributed by atoms with Crippen molar-refractivity contribution < 1.29 is 9.53 Å². The number of carbonyl (C=O) groups excluding carboxylic acids is 1. The summed E-state index contributed by atoms with van der Waals surface area (Å²) in [6, 6.07) is 0.713. The Balaban J connectivity index is 1.74. The molecule has 0 amide bonds. The van der Waals surface area contributed by atoms with Crippen molar-refractivity contribution in [2.75, 3.05) is 19.7 Å². The van der Waals surface area contributed by atoms with Gasteiger partial charge in [0.05, 0.1) is 6.10 Å². The minimum atomic E-state index is 0.444. The molecular weight excluding hydrogens is 202 g/mol. The van der Waals surface area contributed by atoms with E-state index in [1.54, 1.807) is 0 Å². The molecule has 0 aromatic rings. The standard InChI is InChI=1S/C13H23NO2/c1-2-16-13-5-3-11(4-6-13)14-9-7-12(15)8-10-14/h11,13H,2-10H2,1H3. The normalized spacial score (nSPS) is 32.9. The molecule has 0 aromatic carbocycles. The summed E-state index contributed by atoms with van der Waals surface area (Å²) in [5, 5.41) is 0. The second-order valence-electron chi connectivity index (χ2n) is 4.96. The Morgan fingerprint density at radius 2 is 1.81 bits per heavy atom. The van der Waals surface area contributed by atoms with Gasteiger partial charge in [0, 0.05) is 38.6 Å². The molecule has 0 aromatic heterocycles. The molecule has 3 heteroatoms. The van der Waals surface area contributed by atoms with E-state index in [2.05, 4.69) is 11.8 Å². The largest absolute Gasteiger partial charge is 0.379 e. The molecular formula is C13H23NO2. The van der Waals surface area contributed by atoms with E-state index in [9.17, 15) is 4.79 Å². The highest BCUT2D eigenvalue weighted by molar-refractivity contribution is 5.79. The third-order valence-electron chi connectivity index (χ3n) is 3.92. The van der Waals surface area contributed by atoms with Crippen molar-refractivity contribution in [3.8, 4) is 0 Å². The predicted molar refractivity (Wildman–Crippen MR) is 63.5 cm³/mol. The molecule has 1 saturated heterocycles. The van der Waals surface area contributed by atoms with Crippen LogP contribution in [0.25, 0.3) is 0 Å². The fraction of sp³-hybridized carbons (Fsp3) is 0.923. The maximum atomic E-state index is 11.2. The average molecular weight is 225 g/mol. The maximum Gasteiger partial charge on any atom is 0.135 e. The Morgan fingerprint density at radius 3 is 2.38 bits per heavy atom. The first-order valence-corrected chi connectivity index (χ1v) is 6.67. The molecule has 0 N–H and O–H groups in total. The SMILES string of the molecule is CCOC1CCC(N2CCC(=O)CC2)CC1. The molecule has 1 saturated carbocycles. The molecule has 0 radical (unpaired) electrons. The number of Topliss-reactive ketones (excluding diaryl/α,β-unsaturated/α-hetero) is 1. The number of nitrogens with zero attached hydrogens (tertiary/aromatic N) is 1. The van der Waals surface area contributed by atoms with E-state index in [1.807, 2.05) is 0 Å². The zero-order valence-corrected chi connectivity index (χ0v) is 10.3. The van der Waals surface area contributed by atoms with Gasteiger partial charge in [-0.25, -0.2) is 0 Å². The number of hydrogen-bond acceptors (Lipinski definition) is 3. The lowest BCUT2D eigenvalue weighted by atomic mass is 9.90. The van der Waals surface area contributed by atoms with Crippen molar-refractivity contribution in [1.82, 2.24) is 4.90 Å². The van der Waals surface area contributed by atoms with Gasteiger partial charge in [0.2, 0.25) is 0 Å². The Morgan fingerprint density at radius 1 is 1.19 bits per heavy atom. The van der Waals surface area contributed by atoms with Gasteiger partial charge in [-0.15, -0.1) is 0 Å².